The minimum absolute atomic E-state index is 0.0706. The highest BCUT2D eigenvalue weighted by Crippen LogP contribution is 2.13. The maximum Gasteiger partial charge on any atom is 0.303 e. The molecule has 0 aliphatic rings. The summed E-state index contributed by atoms with van der Waals surface area (Å²) >= 11 is 6.37. The molecule has 1 aromatic carbocycles. The molecule has 0 unspecified atom stereocenters. The molecule has 1 aromatic rings. The third kappa shape index (κ3) is 5.39. The maximum absolute atomic E-state index is 10.3. The molecular weight excluding hydrogens is 230 g/mol. The third-order valence-electron chi connectivity index (χ3n) is 1.59. The lowest BCUT2D eigenvalue weighted by atomic mass is 10.3. The van der Waals surface area contributed by atoms with Crippen LogP contribution < -0.4 is 4.72 Å². The zero-order valence-electron chi connectivity index (χ0n) is 7.97. The van der Waals surface area contributed by atoms with Gasteiger partial charge >= 0.3 is 5.97 Å². The van der Waals surface area contributed by atoms with Crippen molar-refractivity contribution in [1.29, 1.82) is 0 Å². The van der Waals surface area contributed by atoms with Gasteiger partial charge in [-0.2, -0.15) is 0 Å². The van der Waals surface area contributed by atoms with Crippen molar-refractivity contribution in [1.82, 2.24) is 4.72 Å². The van der Waals surface area contributed by atoms with Gasteiger partial charge in [-0.15, -0.1) is 0 Å². The Morgan fingerprint density at radius 3 is 2.60 bits per heavy atom. The molecule has 3 nitrogen and oxygen atoms in total. The lowest BCUT2D eigenvalue weighted by molar-refractivity contribution is -0.136. The van der Waals surface area contributed by atoms with Crippen LogP contribution in [0.3, 0.4) is 0 Å². The molecule has 0 fully saturated rings. The number of nitrogens with one attached hydrogen (secondary N) is 1. The fourth-order valence-corrected chi connectivity index (χ4v) is 1.73. The van der Waals surface area contributed by atoms with Gasteiger partial charge in [0.2, 0.25) is 0 Å². The molecule has 0 atom stereocenters. The van der Waals surface area contributed by atoms with Crippen molar-refractivity contribution in [2.75, 3.05) is 0 Å². The van der Waals surface area contributed by atoms with Crippen molar-refractivity contribution in [2.24, 2.45) is 0 Å². The van der Waals surface area contributed by atoms with Crippen LogP contribution in [0.15, 0.2) is 35.2 Å². The van der Waals surface area contributed by atoms with Crippen molar-refractivity contribution in [3.05, 3.63) is 30.3 Å². The van der Waals surface area contributed by atoms with Gasteiger partial charge in [0.1, 0.15) is 0 Å². The maximum atomic E-state index is 10.3. The van der Waals surface area contributed by atoms with E-state index in [-0.39, 0.29) is 6.42 Å². The van der Waals surface area contributed by atoms with Gasteiger partial charge in [-0.05, 0) is 24.1 Å². The number of carboxylic acids is 1. The fraction of sp³-hybridized carbons (Fsp3) is 0.200. The first-order valence-electron chi connectivity index (χ1n) is 4.41. The molecule has 80 valence electrons. The van der Waals surface area contributed by atoms with Crippen molar-refractivity contribution >= 4 is 35.1 Å². The largest absolute Gasteiger partial charge is 0.481 e. The van der Waals surface area contributed by atoms with Crippen LogP contribution in [0.2, 0.25) is 0 Å². The van der Waals surface area contributed by atoms with Crippen molar-refractivity contribution in [3.8, 4) is 0 Å². The Hall–Kier alpha value is -1.07. The van der Waals surface area contributed by atoms with Gasteiger partial charge in [-0.25, -0.2) is 0 Å². The topological polar surface area (TPSA) is 49.3 Å². The minimum Gasteiger partial charge on any atom is -0.481 e. The van der Waals surface area contributed by atoms with Gasteiger partial charge in [-0.3, -0.25) is 4.79 Å². The van der Waals surface area contributed by atoms with Crippen LogP contribution in [0.5, 0.6) is 0 Å². The average Bonchev–Trinajstić information content (AvgIpc) is 2.25. The molecule has 0 aliphatic heterocycles. The third-order valence-corrected chi connectivity index (χ3v) is 2.88. The van der Waals surface area contributed by atoms with Crippen LogP contribution in [-0.2, 0) is 4.79 Å². The number of carbonyl (C=O) groups is 1. The lowest BCUT2D eigenvalue weighted by Gasteiger charge is -2.05. The van der Waals surface area contributed by atoms with E-state index in [4.69, 9.17) is 17.3 Å². The van der Waals surface area contributed by atoms with E-state index in [1.807, 2.05) is 30.3 Å². The average molecular weight is 241 g/mol. The number of thiocarbonyl (C=S) groups is 1. The fourth-order valence-electron chi connectivity index (χ4n) is 0.876. The van der Waals surface area contributed by atoms with Gasteiger partial charge < -0.3 is 9.83 Å². The van der Waals surface area contributed by atoms with Crippen LogP contribution in [0.4, 0.5) is 0 Å². The Morgan fingerprint density at radius 1 is 1.33 bits per heavy atom. The molecule has 0 saturated carbocycles. The smallest absolute Gasteiger partial charge is 0.303 e. The molecule has 2 N–H and O–H groups in total. The van der Waals surface area contributed by atoms with Gasteiger partial charge in [-0.1, -0.05) is 30.4 Å². The van der Waals surface area contributed by atoms with E-state index in [9.17, 15) is 4.79 Å². The molecule has 0 aromatic heterocycles. The summed E-state index contributed by atoms with van der Waals surface area (Å²) < 4.78 is 2.94. The standard InChI is InChI=1S/C10H11NO2S2/c12-10(13)7-6-9(14)11-15-8-4-2-1-3-5-8/h1-5H,6-7H2,(H,11,14)(H,12,13). The number of carboxylic acid groups (broad SMARTS) is 1. The zero-order chi connectivity index (χ0) is 11.1. The van der Waals surface area contributed by atoms with E-state index in [1.54, 1.807) is 0 Å². The highest BCUT2D eigenvalue weighted by Gasteiger charge is 2.01. The molecule has 0 heterocycles. The molecule has 0 amide bonds. The highest BCUT2D eigenvalue weighted by molar-refractivity contribution is 7.99. The van der Waals surface area contributed by atoms with Crippen molar-refractivity contribution in [2.45, 2.75) is 17.7 Å². The van der Waals surface area contributed by atoms with Crippen LogP contribution in [-0.4, -0.2) is 16.1 Å². The van der Waals surface area contributed by atoms with Crippen LogP contribution in [0, 0.1) is 0 Å². The van der Waals surface area contributed by atoms with Gasteiger partial charge in [0.25, 0.3) is 0 Å². The molecule has 0 aliphatic carbocycles. The summed E-state index contributed by atoms with van der Waals surface area (Å²) in [6.45, 7) is 0. The lowest BCUT2D eigenvalue weighted by Crippen LogP contribution is -2.14. The Bertz CT molecular complexity index is 341. The summed E-state index contributed by atoms with van der Waals surface area (Å²) in [6, 6.07) is 9.72. The van der Waals surface area contributed by atoms with Gasteiger partial charge in [0, 0.05) is 11.3 Å². The van der Waals surface area contributed by atoms with Crippen LogP contribution in [0.25, 0.3) is 0 Å². The van der Waals surface area contributed by atoms with E-state index in [2.05, 4.69) is 4.72 Å². The quantitative estimate of drug-likeness (QED) is 0.612. The first kappa shape index (κ1) is 12.0. The molecule has 0 spiro atoms. The summed E-state index contributed by atoms with van der Waals surface area (Å²) in [5.41, 5.74) is 0. The molecule has 1 rings (SSSR count). The Balaban J connectivity index is 2.26. The second-order valence-electron chi connectivity index (χ2n) is 2.83. The van der Waals surface area contributed by atoms with E-state index >= 15 is 0 Å². The van der Waals surface area contributed by atoms with E-state index in [1.165, 1.54) is 11.9 Å². The summed E-state index contributed by atoms with van der Waals surface area (Å²) in [4.78, 5) is 11.9. The zero-order valence-corrected chi connectivity index (χ0v) is 9.61. The molecule has 0 saturated heterocycles. The SMILES string of the molecule is O=C(O)CCC(=S)NSc1ccccc1. The number of aliphatic carboxylic acids is 1. The molecular formula is C10H11NO2S2. The molecule has 15 heavy (non-hydrogen) atoms. The molecule has 5 heteroatoms. The number of benzene rings is 1. The van der Waals surface area contributed by atoms with E-state index < -0.39 is 5.97 Å². The predicted molar refractivity (Wildman–Crippen MR) is 64.9 cm³/mol. The highest BCUT2D eigenvalue weighted by atomic mass is 32.2. The first-order chi connectivity index (χ1) is 7.18. The predicted octanol–water partition coefficient (Wildman–Crippen LogP) is 2.48. The number of hydrogen-bond donors (Lipinski definition) is 2. The summed E-state index contributed by atoms with van der Waals surface area (Å²) in [6.07, 6.45) is 0.450. The monoisotopic (exact) mass is 241 g/mol. The summed E-state index contributed by atoms with van der Waals surface area (Å²) in [5, 5.41) is 8.45. The first-order valence-corrected chi connectivity index (χ1v) is 5.63. The van der Waals surface area contributed by atoms with Crippen LogP contribution >= 0.6 is 24.2 Å². The van der Waals surface area contributed by atoms with E-state index in [0.717, 1.165) is 4.90 Å². The summed E-state index contributed by atoms with van der Waals surface area (Å²) in [5.74, 6) is -0.830. The molecule has 0 radical (unpaired) electrons. The van der Waals surface area contributed by atoms with Crippen molar-refractivity contribution in [3.63, 3.8) is 0 Å². The molecule has 0 bridgehead atoms. The van der Waals surface area contributed by atoms with Crippen LogP contribution in [0.1, 0.15) is 12.8 Å². The minimum atomic E-state index is -0.830. The van der Waals surface area contributed by atoms with Crippen molar-refractivity contribution < 1.29 is 9.90 Å². The number of rotatable bonds is 5. The van der Waals surface area contributed by atoms with Gasteiger partial charge in [0.05, 0.1) is 11.4 Å². The number of hydrogen-bond acceptors (Lipinski definition) is 3. The Morgan fingerprint density at radius 2 is 2.00 bits per heavy atom. The van der Waals surface area contributed by atoms with Gasteiger partial charge in [0.15, 0.2) is 0 Å². The Labute approximate surface area is 98.0 Å². The second kappa shape index (κ2) is 6.42. The summed E-state index contributed by atoms with van der Waals surface area (Å²) in [7, 11) is 0. The second-order valence-corrected chi connectivity index (χ2v) is 4.21. The normalized spacial score (nSPS) is 9.60. The van der Waals surface area contributed by atoms with E-state index in [0.29, 0.717) is 11.4 Å². The Kier molecular flexibility index (Phi) is 5.14.